The topological polar surface area (TPSA) is 55.1 Å². The summed E-state index contributed by atoms with van der Waals surface area (Å²) in [4.78, 5) is 12.1. The second kappa shape index (κ2) is 4.79. The zero-order valence-corrected chi connectivity index (χ0v) is 10.2. The molecule has 1 amide bonds. The van der Waals surface area contributed by atoms with Crippen molar-refractivity contribution < 1.29 is 9.18 Å². The highest BCUT2D eigenvalue weighted by molar-refractivity contribution is 5.97. The molecule has 3 nitrogen and oxygen atoms in total. The molecule has 1 aromatic rings. The van der Waals surface area contributed by atoms with E-state index >= 15 is 0 Å². The molecule has 1 aliphatic carbocycles. The molecule has 0 saturated heterocycles. The number of carbonyl (C=O) groups excluding carboxylic acids is 1. The lowest BCUT2D eigenvalue weighted by atomic mass is 10.1. The number of rotatable bonds is 2. The van der Waals surface area contributed by atoms with Gasteiger partial charge in [0.25, 0.3) is 5.91 Å². The average Bonchev–Trinajstić information content (AvgIpc) is 3.04. The van der Waals surface area contributed by atoms with Crippen LogP contribution in [0.5, 0.6) is 0 Å². The SMILES string of the molecule is CC1(NC(=O)c2ccc(F)cc2C#CCN)CC1. The molecule has 0 atom stereocenters. The van der Waals surface area contributed by atoms with E-state index in [-0.39, 0.29) is 18.0 Å². The maximum atomic E-state index is 13.2. The minimum absolute atomic E-state index is 0.107. The van der Waals surface area contributed by atoms with Gasteiger partial charge in [0.15, 0.2) is 0 Å². The first kappa shape index (κ1) is 12.6. The van der Waals surface area contributed by atoms with Crippen molar-refractivity contribution in [3.05, 3.63) is 35.1 Å². The molecular formula is C14H15FN2O. The zero-order valence-electron chi connectivity index (χ0n) is 10.2. The molecule has 1 saturated carbocycles. The molecule has 2 rings (SSSR count). The van der Waals surface area contributed by atoms with Gasteiger partial charge in [-0.2, -0.15) is 0 Å². The summed E-state index contributed by atoms with van der Waals surface area (Å²) < 4.78 is 13.2. The quantitative estimate of drug-likeness (QED) is 0.775. The molecule has 94 valence electrons. The van der Waals surface area contributed by atoms with Gasteiger partial charge in [-0.25, -0.2) is 4.39 Å². The van der Waals surface area contributed by atoms with Gasteiger partial charge in [0.2, 0.25) is 0 Å². The molecule has 0 aliphatic heterocycles. The minimum Gasteiger partial charge on any atom is -0.347 e. The van der Waals surface area contributed by atoms with Gasteiger partial charge >= 0.3 is 0 Å². The Morgan fingerprint density at radius 3 is 2.89 bits per heavy atom. The Labute approximate surface area is 106 Å². The summed E-state index contributed by atoms with van der Waals surface area (Å²) in [5.74, 6) is 4.74. The summed E-state index contributed by atoms with van der Waals surface area (Å²) in [5, 5.41) is 2.92. The van der Waals surface area contributed by atoms with Gasteiger partial charge in [-0.3, -0.25) is 4.79 Å². The molecular weight excluding hydrogens is 231 g/mol. The number of nitrogens with one attached hydrogen (secondary N) is 1. The van der Waals surface area contributed by atoms with E-state index in [9.17, 15) is 9.18 Å². The van der Waals surface area contributed by atoms with Crippen LogP contribution in [0, 0.1) is 17.7 Å². The van der Waals surface area contributed by atoms with Crippen LogP contribution in [0.25, 0.3) is 0 Å². The van der Waals surface area contributed by atoms with Crippen molar-refractivity contribution in [3.8, 4) is 11.8 Å². The smallest absolute Gasteiger partial charge is 0.252 e. The zero-order chi connectivity index (χ0) is 13.2. The van der Waals surface area contributed by atoms with Gasteiger partial charge in [0, 0.05) is 11.1 Å². The predicted molar refractivity (Wildman–Crippen MR) is 67.4 cm³/mol. The van der Waals surface area contributed by atoms with Crippen molar-refractivity contribution in [3.63, 3.8) is 0 Å². The first-order valence-electron chi connectivity index (χ1n) is 5.85. The molecule has 1 fully saturated rings. The van der Waals surface area contributed by atoms with Crippen LogP contribution in [-0.2, 0) is 0 Å². The molecule has 0 aromatic heterocycles. The van der Waals surface area contributed by atoms with E-state index < -0.39 is 5.82 Å². The molecule has 3 N–H and O–H groups in total. The summed E-state index contributed by atoms with van der Waals surface area (Å²) in [5.41, 5.74) is 5.95. The molecule has 1 aromatic carbocycles. The number of hydrogen-bond donors (Lipinski definition) is 2. The van der Waals surface area contributed by atoms with Crippen LogP contribution in [0.2, 0.25) is 0 Å². The third-order valence-corrected chi connectivity index (χ3v) is 2.97. The molecule has 18 heavy (non-hydrogen) atoms. The molecule has 0 bridgehead atoms. The first-order chi connectivity index (χ1) is 8.54. The Kier molecular flexibility index (Phi) is 3.35. The number of amides is 1. The third kappa shape index (κ3) is 2.88. The maximum Gasteiger partial charge on any atom is 0.252 e. The summed E-state index contributed by atoms with van der Waals surface area (Å²) in [6.45, 7) is 2.16. The van der Waals surface area contributed by atoms with E-state index in [0.29, 0.717) is 11.1 Å². The highest BCUT2D eigenvalue weighted by Crippen LogP contribution is 2.34. The minimum atomic E-state index is -0.412. The van der Waals surface area contributed by atoms with Gasteiger partial charge in [-0.1, -0.05) is 11.8 Å². The van der Waals surface area contributed by atoms with Crippen LogP contribution >= 0.6 is 0 Å². The fourth-order valence-corrected chi connectivity index (χ4v) is 1.62. The standard InChI is InChI=1S/C14H15FN2O/c1-14(6-7-14)17-13(18)12-5-4-11(15)9-10(12)3-2-8-16/h4-5,9H,6-8,16H2,1H3,(H,17,18). The molecule has 1 aliphatic rings. The van der Waals surface area contributed by atoms with Crippen LogP contribution in [0.1, 0.15) is 35.7 Å². The Morgan fingerprint density at radius 2 is 2.28 bits per heavy atom. The van der Waals surface area contributed by atoms with Gasteiger partial charge < -0.3 is 11.1 Å². The number of carbonyl (C=O) groups is 1. The van der Waals surface area contributed by atoms with Crippen molar-refractivity contribution in [2.75, 3.05) is 6.54 Å². The van der Waals surface area contributed by atoms with E-state index in [1.54, 1.807) is 0 Å². The number of benzene rings is 1. The number of hydrogen-bond acceptors (Lipinski definition) is 2. The van der Waals surface area contributed by atoms with Crippen LogP contribution in [0.15, 0.2) is 18.2 Å². The largest absolute Gasteiger partial charge is 0.347 e. The molecule has 0 spiro atoms. The van der Waals surface area contributed by atoms with E-state index in [1.807, 2.05) is 6.92 Å². The van der Waals surface area contributed by atoms with E-state index in [1.165, 1.54) is 18.2 Å². The Morgan fingerprint density at radius 1 is 1.56 bits per heavy atom. The Bertz CT molecular complexity index is 538. The van der Waals surface area contributed by atoms with Crippen molar-refractivity contribution in [2.24, 2.45) is 5.73 Å². The maximum absolute atomic E-state index is 13.2. The first-order valence-corrected chi connectivity index (χ1v) is 5.85. The lowest BCUT2D eigenvalue weighted by molar-refractivity contribution is 0.0935. The van der Waals surface area contributed by atoms with Gasteiger partial charge in [0.1, 0.15) is 5.82 Å². The number of halogens is 1. The summed E-state index contributed by atoms with van der Waals surface area (Å²) >= 11 is 0. The van der Waals surface area contributed by atoms with Crippen LogP contribution < -0.4 is 11.1 Å². The molecule has 4 heteroatoms. The number of nitrogens with two attached hydrogens (primary N) is 1. The summed E-state index contributed by atoms with van der Waals surface area (Å²) in [6, 6.07) is 3.97. The van der Waals surface area contributed by atoms with Gasteiger partial charge in [-0.05, 0) is 38.0 Å². The average molecular weight is 246 g/mol. The highest BCUT2D eigenvalue weighted by atomic mass is 19.1. The lowest BCUT2D eigenvalue weighted by Gasteiger charge is -2.12. The van der Waals surface area contributed by atoms with Crippen molar-refractivity contribution in [1.82, 2.24) is 5.32 Å². The van der Waals surface area contributed by atoms with Crippen molar-refractivity contribution in [1.29, 1.82) is 0 Å². The fourth-order valence-electron chi connectivity index (χ4n) is 1.62. The molecule has 0 heterocycles. The van der Waals surface area contributed by atoms with E-state index in [4.69, 9.17) is 5.73 Å². The summed E-state index contributed by atoms with van der Waals surface area (Å²) in [6.07, 6.45) is 1.95. The predicted octanol–water partition coefficient (Wildman–Crippen LogP) is 1.42. The van der Waals surface area contributed by atoms with E-state index in [0.717, 1.165) is 12.8 Å². The lowest BCUT2D eigenvalue weighted by Crippen LogP contribution is -2.34. The van der Waals surface area contributed by atoms with E-state index in [2.05, 4.69) is 17.2 Å². The second-order valence-corrected chi connectivity index (χ2v) is 4.71. The Balaban J connectivity index is 2.28. The van der Waals surface area contributed by atoms with Crippen LogP contribution in [-0.4, -0.2) is 18.0 Å². The normalized spacial score (nSPS) is 15.5. The second-order valence-electron chi connectivity index (χ2n) is 4.71. The Hall–Kier alpha value is -1.86. The monoisotopic (exact) mass is 246 g/mol. The van der Waals surface area contributed by atoms with Gasteiger partial charge in [-0.15, -0.1) is 0 Å². The molecule has 0 radical (unpaired) electrons. The fraction of sp³-hybridized carbons (Fsp3) is 0.357. The highest BCUT2D eigenvalue weighted by Gasteiger charge is 2.39. The molecule has 0 unspecified atom stereocenters. The van der Waals surface area contributed by atoms with Crippen LogP contribution in [0.4, 0.5) is 4.39 Å². The summed E-state index contributed by atoms with van der Waals surface area (Å²) in [7, 11) is 0. The van der Waals surface area contributed by atoms with Crippen LogP contribution in [0.3, 0.4) is 0 Å². The van der Waals surface area contributed by atoms with Crippen molar-refractivity contribution in [2.45, 2.75) is 25.3 Å². The van der Waals surface area contributed by atoms with Gasteiger partial charge in [0.05, 0.1) is 12.1 Å². The van der Waals surface area contributed by atoms with Crippen molar-refractivity contribution >= 4 is 5.91 Å². The third-order valence-electron chi connectivity index (χ3n) is 2.97.